The number of hydrogen-bond donors (Lipinski definition) is 2. The Morgan fingerprint density at radius 3 is 1.17 bits per heavy atom. The number of benzene rings is 2. The highest BCUT2D eigenvalue weighted by molar-refractivity contribution is 7.91. The summed E-state index contributed by atoms with van der Waals surface area (Å²) in [5.41, 5.74) is 3.95. The minimum Gasteiger partial charge on any atom is -0.494 e. The van der Waals surface area contributed by atoms with Gasteiger partial charge in [0.25, 0.3) is 0 Å². The first-order valence-corrected chi connectivity index (χ1v) is 29.0. The first-order chi connectivity index (χ1) is 37.7. The standard InChI is InChI=1S/2C27H31N5O6S/c2*1-4-38-23-10-5-7-20(30-23)26-31-25-27(32(26)24-21(36-2)8-6-9-22(24)37-3)29-17(15-28-25)16-39(34,35)19-13-11-18(33)12-14-19/h2*5-10,15,18-19,33H,4,11-14,16H2,1-3H3. The van der Waals surface area contributed by atoms with E-state index in [-0.39, 0.29) is 11.5 Å². The van der Waals surface area contributed by atoms with Crippen LogP contribution in [0, 0.1) is 0 Å². The average Bonchev–Trinajstić information content (AvgIpc) is 4.22. The lowest BCUT2D eigenvalue weighted by molar-refractivity contribution is 0.131. The van der Waals surface area contributed by atoms with Crippen molar-refractivity contribution in [2.75, 3.05) is 41.7 Å². The topological polar surface area (TPSA) is 277 Å². The molecule has 0 aliphatic heterocycles. The summed E-state index contributed by atoms with van der Waals surface area (Å²) < 4.78 is 90.3. The van der Waals surface area contributed by atoms with Gasteiger partial charge in [-0.25, -0.2) is 56.7 Å². The molecule has 0 unspecified atom stereocenters. The molecular weight excluding hydrogens is 1040 g/mol. The van der Waals surface area contributed by atoms with Crippen LogP contribution in [0.15, 0.2) is 85.2 Å². The van der Waals surface area contributed by atoms with Gasteiger partial charge < -0.3 is 38.6 Å². The fourth-order valence-corrected chi connectivity index (χ4v) is 13.3. The maximum atomic E-state index is 13.2. The fraction of sp³-hybridized carbons (Fsp3) is 0.407. The van der Waals surface area contributed by atoms with Crippen LogP contribution < -0.4 is 28.4 Å². The highest BCUT2D eigenvalue weighted by atomic mass is 32.2. The number of fused-ring (bicyclic) bond motifs is 2. The summed E-state index contributed by atoms with van der Waals surface area (Å²) in [6, 6.07) is 21.5. The molecule has 0 spiro atoms. The third-order valence-corrected chi connectivity index (χ3v) is 18.0. The zero-order valence-electron chi connectivity index (χ0n) is 44.1. The number of aliphatic hydroxyl groups excluding tert-OH is 2. The van der Waals surface area contributed by atoms with Crippen LogP contribution in [0.5, 0.6) is 34.8 Å². The van der Waals surface area contributed by atoms with Crippen LogP contribution in [0.4, 0.5) is 0 Å². The zero-order valence-corrected chi connectivity index (χ0v) is 45.8. The van der Waals surface area contributed by atoms with E-state index in [1.54, 1.807) is 98.2 Å². The molecule has 8 aromatic rings. The second kappa shape index (κ2) is 24.0. The van der Waals surface area contributed by atoms with Crippen LogP contribution in [-0.4, -0.2) is 140 Å². The number of aliphatic hydroxyl groups is 2. The van der Waals surface area contributed by atoms with Gasteiger partial charge in [-0.1, -0.05) is 24.3 Å². The molecule has 2 N–H and O–H groups in total. The molecule has 2 fully saturated rings. The normalized spacial score (nSPS) is 17.7. The molecule has 0 amide bonds. The monoisotopic (exact) mass is 1110 g/mol. The van der Waals surface area contributed by atoms with Gasteiger partial charge >= 0.3 is 0 Å². The van der Waals surface area contributed by atoms with Crippen molar-refractivity contribution < 1.29 is 55.5 Å². The van der Waals surface area contributed by atoms with E-state index in [1.807, 2.05) is 26.0 Å². The summed E-state index contributed by atoms with van der Waals surface area (Å²) in [6.07, 6.45) is 5.66. The van der Waals surface area contributed by atoms with Crippen molar-refractivity contribution in [3.05, 3.63) is 96.6 Å². The highest BCUT2D eigenvalue weighted by Crippen LogP contribution is 2.40. The molecule has 0 saturated heterocycles. The van der Waals surface area contributed by atoms with E-state index < -0.39 is 42.4 Å². The molecule has 6 heterocycles. The largest absolute Gasteiger partial charge is 0.494 e. The lowest BCUT2D eigenvalue weighted by Gasteiger charge is -2.25. The molecule has 2 aliphatic carbocycles. The number of para-hydroxylation sites is 2. The van der Waals surface area contributed by atoms with Crippen molar-refractivity contribution in [3.8, 4) is 69.2 Å². The summed E-state index contributed by atoms with van der Waals surface area (Å²) in [6.45, 7) is 4.66. The van der Waals surface area contributed by atoms with Gasteiger partial charge in [-0.3, -0.25) is 9.13 Å². The van der Waals surface area contributed by atoms with E-state index in [1.165, 1.54) is 12.4 Å². The average molecular weight is 1110 g/mol. The van der Waals surface area contributed by atoms with Crippen molar-refractivity contribution in [2.45, 2.75) is 99.4 Å². The van der Waals surface area contributed by atoms with Crippen LogP contribution in [0.25, 0.3) is 57.0 Å². The van der Waals surface area contributed by atoms with Crippen LogP contribution >= 0.6 is 0 Å². The molecule has 2 aliphatic rings. The third-order valence-electron chi connectivity index (χ3n) is 13.6. The van der Waals surface area contributed by atoms with Gasteiger partial charge in [0.15, 0.2) is 53.9 Å². The minimum atomic E-state index is -3.51. The van der Waals surface area contributed by atoms with Crippen LogP contribution in [0.3, 0.4) is 0 Å². The molecule has 412 valence electrons. The van der Waals surface area contributed by atoms with E-state index in [9.17, 15) is 27.0 Å². The number of pyridine rings is 2. The third kappa shape index (κ3) is 11.8. The Balaban J connectivity index is 0.000000190. The van der Waals surface area contributed by atoms with E-state index >= 15 is 0 Å². The van der Waals surface area contributed by atoms with Crippen LogP contribution in [0.1, 0.15) is 76.6 Å². The van der Waals surface area contributed by atoms with E-state index in [4.69, 9.17) is 48.4 Å². The summed E-state index contributed by atoms with van der Waals surface area (Å²) in [5.74, 6) is 3.15. The number of ether oxygens (including phenoxy) is 6. The SMILES string of the molecule is CCOc1cccc(-c2nc3ncc(CS(=O)(=O)C4CCC(O)CC4)nc3n2-c2c(OC)cccc2OC)n1.CCOc1cccc(-c2nc3ncc(CS(=O)(=O)C4CCC(O)CC4)nc3n2-c2c(OC)cccc2OC)n1. The van der Waals surface area contributed by atoms with Crippen molar-refractivity contribution in [3.63, 3.8) is 0 Å². The van der Waals surface area contributed by atoms with Crippen LogP contribution in [-0.2, 0) is 31.2 Å². The van der Waals surface area contributed by atoms with Crippen molar-refractivity contribution in [1.29, 1.82) is 0 Å². The number of hydrogen-bond acceptors (Lipinski definition) is 20. The summed E-state index contributed by atoms with van der Waals surface area (Å²) in [7, 11) is -0.815. The van der Waals surface area contributed by atoms with Gasteiger partial charge in [0, 0.05) is 12.1 Å². The lowest BCUT2D eigenvalue weighted by atomic mass is 9.97. The molecule has 0 radical (unpaired) electrons. The Hall–Kier alpha value is -7.54. The predicted molar refractivity (Wildman–Crippen MR) is 290 cm³/mol. The van der Waals surface area contributed by atoms with Gasteiger partial charge in [-0.05, 0) is 102 Å². The quantitative estimate of drug-likeness (QED) is 0.0873. The van der Waals surface area contributed by atoms with Gasteiger partial charge in [-0.15, -0.1) is 0 Å². The Kier molecular flexibility index (Phi) is 17.0. The molecular formula is C54H62N10O12S2. The first-order valence-electron chi connectivity index (χ1n) is 25.6. The molecule has 2 aromatic carbocycles. The zero-order chi connectivity index (χ0) is 55.1. The van der Waals surface area contributed by atoms with Crippen molar-refractivity contribution in [1.82, 2.24) is 49.0 Å². The number of rotatable bonds is 18. The second-order valence-electron chi connectivity index (χ2n) is 18.6. The molecule has 6 aromatic heterocycles. The summed E-state index contributed by atoms with van der Waals surface area (Å²) in [5, 5.41) is 18.6. The van der Waals surface area contributed by atoms with E-state index in [0.29, 0.717) is 168 Å². The highest BCUT2D eigenvalue weighted by Gasteiger charge is 2.34. The van der Waals surface area contributed by atoms with Gasteiger partial charge in [0.1, 0.15) is 45.8 Å². The first kappa shape index (κ1) is 55.2. The van der Waals surface area contributed by atoms with E-state index in [0.717, 1.165) is 0 Å². The molecule has 10 rings (SSSR count). The van der Waals surface area contributed by atoms with Crippen molar-refractivity contribution >= 4 is 42.3 Å². The fourth-order valence-electron chi connectivity index (χ4n) is 9.78. The van der Waals surface area contributed by atoms with Gasteiger partial charge in [0.2, 0.25) is 11.8 Å². The maximum Gasteiger partial charge on any atom is 0.213 e. The van der Waals surface area contributed by atoms with E-state index in [2.05, 4.69) is 19.9 Å². The lowest BCUT2D eigenvalue weighted by Crippen LogP contribution is -2.30. The minimum absolute atomic E-state index is 0.266. The number of nitrogens with zero attached hydrogens (tertiary/aromatic N) is 10. The molecule has 2 saturated carbocycles. The number of aromatic nitrogens is 10. The van der Waals surface area contributed by atoms with Crippen molar-refractivity contribution in [2.24, 2.45) is 0 Å². The Morgan fingerprint density at radius 1 is 0.487 bits per heavy atom. The Bertz CT molecular complexity index is 3350. The molecule has 0 bridgehead atoms. The molecule has 24 heteroatoms. The predicted octanol–water partition coefficient (Wildman–Crippen LogP) is 7.02. The number of methoxy groups -OCH3 is 4. The second-order valence-corrected chi connectivity index (χ2v) is 23.2. The van der Waals surface area contributed by atoms with Gasteiger partial charge in [0.05, 0.1) is 99.6 Å². The summed E-state index contributed by atoms with van der Waals surface area (Å²) in [4.78, 5) is 37.1. The number of sulfone groups is 2. The Labute approximate surface area is 451 Å². The summed E-state index contributed by atoms with van der Waals surface area (Å²) >= 11 is 0. The Morgan fingerprint density at radius 2 is 0.833 bits per heavy atom. The maximum absolute atomic E-state index is 13.2. The van der Waals surface area contributed by atoms with Gasteiger partial charge in [-0.2, -0.15) is 0 Å². The molecule has 22 nitrogen and oxygen atoms in total. The molecule has 0 atom stereocenters. The number of imidazole rings is 2. The van der Waals surface area contributed by atoms with Crippen LogP contribution in [0.2, 0.25) is 0 Å². The smallest absolute Gasteiger partial charge is 0.213 e. The molecule has 78 heavy (non-hydrogen) atoms.